The Balaban J connectivity index is 1.18. The van der Waals surface area contributed by atoms with Crippen LogP contribution in [0.2, 0.25) is 5.02 Å². The Morgan fingerprint density at radius 1 is 1.15 bits per heavy atom. The molecule has 2 aliphatic heterocycles. The molecule has 0 bridgehead atoms. The summed E-state index contributed by atoms with van der Waals surface area (Å²) in [4.78, 5) is 32.3. The van der Waals surface area contributed by atoms with E-state index >= 15 is 0 Å². The summed E-state index contributed by atoms with van der Waals surface area (Å²) in [6, 6.07) is 13.2. The predicted octanol–water partition coefficient (Wildman–Crippen LogP) is 3.23. The van der Waals surface area contributed by atoms with E-state index in [0.717, 1.165) is 41.8 Å². The first-order valence-electron chi connectivity index (χ1n) is 11.5. The van der Waals surface area contributed by atoms with Crippen LogP contribution in [0, 0.1) is 0 Å². The maximum atomic E-state index is 12.6. The lowest BCUT2D eigenvalue weighted by molar-refractivity contribution is -0.132. The van der Waals surface area contributed by atoms with Crippen molar-refractivity contribution in [1.82, 2.24) is 15.1 Å². The van der Waals surface area contributed by atoms with Crippen LogP contribution in [0.15, 0.2) is 47.5 Å². The number of nitrogens with zero attached hydrogens (tertiary/aromatic N) is 3. The number of hydrogen-bond acceptors (Lipinski definition) is 6. The molecule has 8 nitrogen and oxygen atoms in total. The van der Waals surface area contributed by atoms with Crippen LogP contribution in [0.25, 0.3) is 0 Å². The molecule has 2 aromatic rings. The number of aliphatic hydroxyl groups is 1. The molecule has 1 fully saturated rings. The standard InChI is InChI=1S/C25H29ClN4O4/c26-20-8-5-18(6-9-20)15-29(11-12-31)24(33)4-2-1-3-13-34-21-10-7-19-16-30-17-23(32)28-25(30)27-22(19)14-21/h5-10,14,31H,1-4,11-13,15-17H2,(H,27,28,32). The highest BCUT2D eigenvalue weighted by atomic mass is 35.5. The van der Waals surface area contributed by atoms with Gasteiger partial charge in [-0.25, -0.2) is 4.99 Å². The normalized spacial score (nSPS) is 14.2. The zero-order valence-corrected chi connectivity index (χ0v) is 19.8. The summed E-state index contributed by atoms with van der Waals surface area (Å²) in [5.41, 5.74) is 2.87. The van der Waals surface area contributed by atoms with Crippen LogP contribution in [-0.2, 0) is 22.7 Å². The number of nitrogens with one attached hydrogen (secondary N) is 1. The molecule has 180 valence electrons. The van der Waals surface area contributed by atoms with Crippen molar-refractivity contribution in [2.24, 2.45) is 4.99 Å². The third-order valence-corrected chi connectivity index (χ3v) is 6.09. The number of halogens is 1. The molecule has 0 spiro atoms. The maximum absolute atomic E-state index is 12.6. The number of ether oxygens (including phenoxy) is 1. The summed E-state index contributed by atoms with van der Waals surface area (Å²) >= 11 is 5.92. The minimum atomic E-state index is -0.0656. The van der Waals surface area contributed by atoms with Crippen molar-refractivity contribution in [1.29, 1.82) is 0 Å². The fourth-order valence-corrected chi connectivity index (χ4v) is 4.16. The van der Waals surface area contributed by atoms with Gasteiger partial charge in [0.25, 0.3) is 0 Å². The van der Waals surface area contributed by atoms with Crippen LogP contribution in [0.1, 0.15) is 36.8 Å². The van der Waals surface area contributed by atoms with Crippen molar-refractivity contribution in [2.75, 3.05) is 26.3 Å². The second-order valence-corrected chi connectivity index (χ2v) is 8.89. The van der Waals surface area contributed by atoms with E-state index in [1.165, 1.54) is 0 Å². The molecule has 2 aromatic carbocycles. The molecule has 2 aliphatic rings. The van der Waals surface area contributed by atoms with Crippen molar-refractivity contribution in [2.45, 2.75) is 38.8 Å². The van der Waals surface area contributed by atoms with Crippen LogP contribution in [0.4, 0.5) is 5.69 Å². The number of carbonyl (C=O) groups is 2. The highest BCUT2D eigenvalue weighted by Crippen LogP contribution is 2.30. The minimum Gasteiger partial charge on any atom is -0.494 e. The molecular formula is C25H29ClN4O4. The molecule has 2 N–H and O–H groups in total. The fourth-order valence-electron chi connectivity index (χ4n) is 4.04. The van der Waals surface area contributed by atoms with Crippen molar-refractivity contribution < 1.29 is 19.4 Å². The highest BCUT2D eigenvalue weighted by molar-refractivity contribution is 6.30. The summed E-state index contributed by atoms with van der Waals surface area (Å²) < 4.78 is 5.88. The van der Waals surface area contributed by atoms with Gasteiger partial charge in [-0.1, -0.05) is 29.8 Å². The SMILES string of the molecule is O=C1CN2Cc3ccc(OCCCCCC(=O)N(CCO)Cc4ccc(Cl)cc4)cc3N=C2N1. The number of amides is 2. The molecule has 0 aromatic heterocycles. The van der Waals surface area contributed by atoms with Gasteiger partial charge in [-0.05, 0) is 48.6 Å². The largest absolute Gasteiger partial charge is 0.494 e. The minimum absolute atomic E-state index is 0.0340. The Morgan fingerprint density at radius 2 is 1.97 bits per heavy atom. The van der Waals surface area contributed by atoms with Gasteiger partial charge in [0.15, 0.2) is 0 Å². The van der Waals surface area contributed by atoms with E-state index in [-0.39, 0.29) is 18.4 Å². The van der Waals surface area contributed by atoms with Gasteiger partial charge in [0.1, 0.15) is 12.3 Å². The molecule has 0 aliphatic carbocycles. The summed E-state index contributed by atoms with van der Waals surface area (Å²) in [7, 11) is 0. The van der Waals surface area contributed by atoms with Crippen LogP contribution >= 0.6 is 11.6 Å². The van der Waals surface area contributed by atoms with E-state index in [1.807, 2.05) is 35.2 Å². The van der Waals surface area contributed by atoms with Crippen LogP contribution < -0.4 is 10.1 Å². The first kappa shape index (κ1) is 24.0. The van der Waals surface area contributed by atoms with Gasteiger partial charge in [-0.2, -0.15) is 0 Å². The summed E-state index contributed by atoms with van der Waals surface area (Å²) in [5, 5.41) is 12.8. The van der Waals surface area contributed by atoms with Gasteiger partial charge in [-0.15, -0.1) is 0 Å². The Labute approximate surface area is 204 Å². The smallest absolute Gasteiger partial charge is 0.246 e. The molecule has 0 unspecified atom stereocenters. The molecular weight excluding hydrogens is 456 g/mol. The van der Waals surface area contributed by atoms with Gasteiger partial charge >= 0.3 is 0 Å². The predicted molar refractivity (Wildman–Crippen MR) is 130 cm³/mol. The third kappa shape index (κ3) is 6.27. The summed E-state index contributed by atoms with van der Waals surface area (Å²) in [6.07, 6.45) is 2.90. The number of guanidine groups is 1. The fraction of sp³-hybridized carbons (Fsp3) is 0.400. The van der Waals surface area contributed by atoms with E-state index in [4.69, 9.17) is 16.3 Å². The first-order valence-corrected chi connectivity index (χ1v) is 11.9. The van der Waals surface area contributed by atoms with E-state index in [9.17, 15) is 14.7 Å². The Kier molecular flexibility index (Phi) is 8.03. The third-order valence-electron chi connectivity index (χ3n) is 5.84. The lowest BCUT2D eigenvalue weighted by Crippen LogP contribution is -2.32. The molecule has 0 radical (unpaired) electrons. The van der Waals surface area contributed by atoms with Crippen LogP contribution in [0.3, 0.4) is 0 Å². The summed E-state index contributed by atoms with van der Waals surface area (Å²) in [6.45, 7) is 2.27. The second-order valence-electron chi connectivity index (χ2n) is 8.45. The Morgan fingerprint density at radius 3 is 2.76 bits per heavy atom. The molecule has 2 amide bonds. The number of aliphatic hydroxyl groups excluding tert-OH is 1. The van der Waals surface area contributed by atoms with Gasteiger partial charge < -0.3 is 19.6 Å². The topological polar surface area (TPSA) is 94.5 Å². The van der Waals surface area contributed by atoms with Crippen molar-refractivity contribution in [3.8, 4) is 5.75 Å². The molecule has 0 atom stereocenters. The second kappa shape index (κ2) is 11.4. The molecule has 0 saturated carbocycles. The number of unbranched alkanes of at least 4 members (excludes halogenated alkanes) is 2. The van der Waals surface area contributed by atoms with E-state index in [0.29, 0.717) is 50.2 Å². The number of carbonyl (C=O) groups excluding carboxylic acids is 2. The molecule has 4 rings (SSSR count). The van der Waals surface area contributed by atoms with Gasteiger partial charge in [0, 0.05) is 37.1 Å². The highest BCUT2D eigenvalue weighted by Gasteiger charge is 2.29. The lowest BCUT2D eigenvalue weighted by atomic mass is 10.1. The number of fused-ring (bicyclic) bond motifs is 2. The zero-order valence-electron chi connectivity index (χ0n) is 19.0. The van der Waals surface area contributed by atoms with Crippen molar-refractivity contribution in [3.63, 3.8) is 0 Å². The number of aliphatic imine (C=N–C) groups is 1. The number of rotatable bonds is 11. The Hall–Kier alpha value is -3.10. The van der Waals surface area contributed by atoms with Gasteiger partial charge in [0.05, 0.1) is 18.9 Å². The summed E-state index contributed by atoms with van der Waals surface area (Å²) in [5.74, 6) is 1.34. The Bertz CT molecular complexity index is 1060. The van der Waals surface area contributed by atoms with Crippen molar-refractivity contribution >= 4 is 35.1 Å². The monoisotopic (exact) mass is 484 g/mol. The zero-order chi connectivity index (χ0) is 23.9. The molecule has 1 saturated heterocycles. The van der Waals surface area contributed by atoms with E-state index in [1.54, 1.807) is 17.0 Å². The van der Waals surface area contributed by atoms with Crippen molar-refractivity contribution in [3.05, 3.63) is 58.6 Å². The van der Waals surface area contributed by atoms with Crippen LogP contribution in [0.5, 0.6) is 5.75 Å². The van der Waals surface area contributed by atoms with Crippen LogP contribution in [-0.4, -0.2) is 59.0 Å². The molecule has 9 heteroatoms. The van der Waals surface area contributed by atoms with E-state index in [2.05, 4.69) is 10.3 Å². The molecule has 34 heavy (non-hydrogen) atoms. The van der Waals surface area contributed by atoms with Gasteiger partial charge in [-0.3, -0.25) is 14.9 Å². The van der Waals surface area contributed by atoms with E-state index < -0.39 is 0 Å². The lowest BCUT2D eigenvalue weighted by Gasteiger charge is -2.23. The quantitative estimate of drug-likeness (QED) is 0.477. The van der Waals surface area contributed by atoms with Gasteiger partial charge in [0.2, 0.25) is 17.8 Å². The molecule has 2 heterocycles. The average Bonchev–Trinajstić information content (AvgIpc) is 3.19. The average molecular weight is 485 g/mol. The number of hydrogen-bond donors (Lipinski definition) is 2. The maximum Gasteiger partial charge on any atom is 0.246 e. The first-order chi connectivity index (χ1) is 16.5. The number of benzene rings is 2.